The topological polar surface area (TPSA) is 66.5 Å². The van der Waals surface area contributed by atoms with Crippen LogP contribution < -0.4 is 5.32 Å². The highest BCUT2D eigenvalue weighted by Crippen LogP contribution is 2.25. The van der Waals surface area contributed by atoms with Crippen molar-refractivity contribution in [2.45, 2.75) is 31.1 Å². The lowest BCUT2D eigenvalue weighted by atomic mass is 10.1. The fraction of sp³-hybridized carbons (Fsp3) is 0.316. The molecular formula is C19H20F2N2O3S. The van der Waals surface area contributed by atoms with Gasteiger partial charge in [0.15, 0.2) is 11.6 Å². The molecule has 0 atom stereocenters. The molecule has 2 aromatic rings. The Kier molecular flexibility index (Phi) is 5.57. The fourth-order valence-electron chi connectivity index (χ4n) is 3.04. The van der Waals surface area contributed by atoms with Gasteiger partial charge in [-0.3, -0.25) is 4.79 Å². The first-order valence-electron chi connectivity index (χ1n) is 8.66. The van der Waals surface area contributed by atoms with Gasteiger partial charge >= 0.3 is 0 Å². The number of amides is 1. The summed E-state index contributed by atoms with van der Waals surface area (Å²) in [4.78, 5) is 12.5. The van der Waals surface area contributed by atoms with E-state index in [0.717, 1.165) is 31.4 Å². The molecule has 0 aromatic heterocycles. The SMILES string of the molecule is Cc1ccc(C(=O)Nc2ccc(F)c(F)c2)cc1S(=O)(=O)N1CCCCC1. The first kappa shape index (κ1) is 19.4. The van der Waals surface area contributed by atoms with Crippen molar-refractivity contribution >= 4 is 21.6 Å². The van der Waals surface area contributed by atoms with E-state index >= 15 is 0 Å². The van der Waals surface area contributed by atoms with Crippen LogP contribution in [0.2, 0.25) is 0 Å². The number of hydrogen-bond donors (Lipinski definition) is 1. The van der Waals surface area contributed by atoms with Gasteiger partial charge in [-0.2, -0.15) is 4.31 Å². The zero-order valence-corrected chi connectivity index (χ0v) is 15.7. The number of carbonyl (C=O) groups excluding carboxylic acids is 1. The maximum Gasteiger partial charge on any atom is 0.255 e. The molecule has 8 heteroatoms. The first-order valence-corrected chi connectivity index (χ1v) is 10.1. The van der Waals surface area contributed by atoms with E-state index in [1.807, 2.05) is 0 Å². The molecular weight excluding hydrogens is 374 g/mol. The molecule has 1 saturated heterocycles. The number of hydrogen-bond acceptors (Lipinski definition) is 3. The minimum Gasteiger partial charge on any atom is -0.322 e. The Labute approximate surface area is 157 Å². The maximum absolute atomic E-state index is 13.3. The summed E-state index contributed by atoms with van der Waals surface area (Å²) in [5.41, 5.74) is 0.755. The molecule has 1 fully saturated rings. The quantitative estimate of drug-likeness (QED) is 0.860. The van der Waals surface area contributed by atoms with Crippen molar-refractivity contribution in [3.63, 3.8) is 0 Å². The van der Waals surface area contributed by atoms with Crippen molar-refractivity contribution < 1.29 is 22.0 Å². The third-order valence-corrected chi connectivity index (χ3v) is 6.60. The highest BCUT2D eigenvalue weighted by Gasteiger charge is 2.28. The van der Waals surface area contributed by atoms with Gasteiger partial charge in [0, 0.05) is 30.4 Å². The van der Waals surface area contributed by atoms with Crippen molar-refractivity contribution in [1.82, 2.24) is 4.31 Å². The smallest absolute Gasteiger partial charge is 0.255 e. The van der Waals surface area contributed by atoms with Crippen LogP contribution in [0.25, 0.3) is 0 Å². The van der Waals surface area contributed by atoms with E-state index in [1.54, 1.807) is 13.0 Å². The molecule has 144 valence electrons. The van der Waals surface area contributed by atoms with Gasteiger partial charge < -0.3 is 5.32 Å². The average Bonchev–Trinajstić information content (AvgIpc) is 2.65. The van der Waals surface area contributed by atoms with Crippen molar-refractivity contribution in [1.29, 1.82) is 0 Å². The number of rotatable bonds is 4. The van der Waals surface area contributed by atoms with Gasteiger partial charge in [-0.05, 0) is 49.6 Å². The van der Waals surface area contributed by atoms with Crippen LogP contribution in [-0.2, 0) is 10.0 Å². The van der Waals surface area contributed by atoms with E-state index in [4.69, 9.17) is 0 Å². The molecule has 0 spiro atoms. The number of nitrogens with zero attached hydrogens (tertiary/aromatic N) is 1. The molecule has 1 heterocycles. The summed E-state index contributed by atoms with van der Waals surface area (Å²) in [5.74, 6) is -2.69. The molecule has 1 aliphatic rings. The summed E-state index contributed by atoms with van der Waals surface area (Å²) in [7, 11) is -3.69. The summed E-state index contributed by atoms with van der Waals surface area (Å²) in [6, 6.07) is 7.40. The minimum atomic E-state index is -3.69. The monoisotopic (exact) mass is 394 g/mol. The number of piperidine rings is 1. The lowest BCUT2D eigenvalue weighted by Crippen LogP contribution is -2.36. The minimum absolute atomic E-state index is 0.0833. The van der Waals surface area contributed by atoms with Gasteiger partial charge in [-0.1, -0.05) is 12.5 Å². The molecule has 1 amide bonds. The van der Waals surface area contributed by atoms with E-state index < -0.39 is 27.6 Å². The molecule has 0 bridgehead atoms. The van der Waals surface area contributed by atoms with E-state index in [9.17, 15) is 22.0 Å². The number of halogens is 2. The van der Waals surface area contributed by atoms with Crippen LogP contribution in [0.5, 0.6) is 0 Å². The van der Waals surface area contributed by atoms with Gasteiger partial charge in [0.2, 0.25) is 10.0 Å². The zero-order valence-electron chi connectivity index (χ0n) is 14.8. The summed E-state index contributed by atoms with van der Waals surface area (Å²) in [5, 5.41) is 2.45. The van der Waals surface area contributed by atoms with Crippen LogP contribution in [-0.4, -0.2) is 31.7 Å². The molecule has 2 aromatic carbocycles. The number of benzene rings is 2. The van der Waals surface area contributed by atoms with Gasteiger partial charge in [-0.15, -0.1) is 0 Å². The molecule has 1 N–H and O–H groups in total. The first-order chi connectivity index (χ1) is 12.8. The van der Waals surface area contributed by atoms with E-state index in [2.05, 4.69) is 5.32 Å². The Morgan fingerprint density at radius 1 is 1.00 bits per heavy atom. The second-order valence-electron chi connectivity index (χ2n) is 6.53. The van der Waals surface area contributed by atoms with Gasteiger partial charge in [0.25, 0.3) is 5.91 Å². The molecule has 3 rings (SSSR count). The van der Waals surface area contributed by atoms with E-state index in [0.29, 0.717) is 18.7 Å². The Bertz CT molecular complexity index is 971. The molecule has 0 radical (unpaired) electrons. The fourth-order valence-corrected chi connectivity index (χ4v) is 4.81. The third-order valence-electron chi connectivity index (χ3n) is 4.56. The van der Waals surface area contributed by atoms with Crippen molar-refractivity contribution in [2.24, 2.45) is 0 Å². The Hall–Kier alpha value is -2.32. The number of anilines is 1. The van der Waals surface area contributed by atoms with Gasteiger partial charge in [-0.25, -0.2) is 17.2 Å². The van der Waals surface area contributed by atoms with Crippen LogP contribution in [0.1, 0.15) is 35.2 Å². The second kappa shape index (κ2) is 7.74. The third kappa shape index (κ3) is 4.17. The lowest BCUT2D eigenvalue weighted by molar-refractivity contribution is 0.102. The van der Waals surface area contributed by atoms with E-state index in [1.165, 1.54) is 22.5 Å². The van der Waals surface area contributed by atoms with Crippen LogP contribution in [0.3, 0.4) is 0 Å². The number of aryl methyl sites for hydroxylation is 1. The Morgan fingerprint density at radius 3 is 2.37 bits per heavy atom. The van der Waals surface area contributed by atoms with Gasteiger partial charge in [0.05, 0.1) is 4.90 Å². The van der Waals surface area contributed by atoms with Crippen molar-refractivity contribution in [3.8, 4) is 0 Å². The normalized spacial score (nSPS) is 15.5. The van der Waals surface area contributed by atoms with Crippen molar-refractivity contribution in [2.75, 3.05) is 18.4 Å². The predicted molar refractivity (Wildman–Crippen MR) is 98.1 cm³/mol. The van der Waals surface area contributed by atoms with E-state index in [-0.39, 0.29) is 16.1 Å². The van der Waals surface area contributed by atoms with Crippen LogP contribution in [0, 0.1) is 18.6 Å². The number of sulfonamides is 1. The molecule has 0 unspecified atom stereocenters. The average molecular weight is 394 g/mol. The lowest BCUT2D eigenvalue weighted by Gasteiger charge is -2.26. The summed E-state index contributed by atoms with van der Waals surface area (Å²) in [6.07, 6.45) is 2.63. The summed E-state index contributed by atoms with van der Waals surface area (Å²) >= 11 is 0. The predicted octanol–water partition coefficient (Wildman–Crippen LogP) is 3.70. The standard InChI is InChI=1S/C19H20F2N2O3S/c1-13-5-6-14(19(24)22-15-7-8-16(20)17(21)12-15)11-18(13)27(25,26)23-9-3-2-4-10-23/h5-8,11-12H,2-4,9-10H2,1H3,(H,22,24). The van der Waals surface area contributed by atoms with Crippen LogP contribution >= 0.6 is 0 Å². The maximum atomic E-state index is 13.3. The Balaban J connectivity index is 1.88. The summed E-state index contributed by atoms with van der Waals surface area (Å²) in [6.45, 7) is 2.61. The second-order valence-corrected chi connectivity index (χ2v) is 8.43. The Morgan fingerprint density at radius 2 is 1.70 bits per heavy atom. The highest BCUT2D eigenvalue weighted by atomic mass is 32.2. The number of nitrogens with one attached hydrogen (secondary N) is 1. The van der Waals surface area contributed by atoms with Gasteiger partial charge in [0.1, 0.15) is 0 Å². The number of carbonyl (C=O) groups is 1. The largest absolute Gasteiger partial charge is 0.322 e. The molecule has 1 aliphatic heterocycles. The van der Waals surface area contributed by atoms with Crippen LogP contribution in [0.4, 0.5) is 14.5 Å². The van der Waals surface area contributed by atoms with Crippen LogP contribution in [0.15, 0.2) is 41.3 Å². The molecule has 27 heavy (non-hydrogen) atoms. The van der Waals surface area contributed by atoms with Crippen molar-refractivity contribution in [3.05, 3.63) is 59.2 Å². The summed E-state index contributed by atoms with van der Waals surface area (Å²) < 4.78 is 53.6. The molecule has 0 aliphatic carbocycles. The zero-order chi connectivity index (χ0) is 19.6. The highest BCUT2D eigenvalue weighted by molar-refractivity contribution is 7.89. The molecule has 0 saturated carbocycles. The molecule has 5 nitrogen and oxygen atoms in total.